The van der Waals surface area contributed by atoms with Gasteiger partial charge < -0.3 is 0 Å². The molecule has 1 unspecified atom stereocenters. The molecule has 6 heteroatoms. The van der Waals surface area contributed by atoms with Gasteiger partial charge in [-0.05, 0) is 43.3 Å². The van der Waals surface area contributed by atoms with E-state index >= 15 is 0 Å². The molecule has 24 heavy (non-hydrogen) atoms. The monoisotopic (exact) mass is 348 g/mol. The summed E-state index contributed by atoms with van der Waals surface area (Å²) < 4.78 is 40.8. The van der Waals surface area contributed by atoms with E-state index in [1.54, 1.807) is 6.92 Å². The molecule has 0 saturated carbocycles. The van der Waals surface area contributed by atoms with E-state index in [4.69, 9.17) is 0 Å². The molecule has 0 aromatic heterocycles. The highest BCUT2D eigenvalue weighted by molar-refractivity contribution is 7.89. The van der Waals surface area contributed by atoms with Gasteiger partial charge in [0.05, 0.1) is 4.90 Å². The lowest BCUT2D eigenvalue weighted by atomic mass is 10.0. The van der Waals surface area contributed by atoms with Crippen LogP contribution in [0.4, 0.5) is 4.39 Å². The minimum absolute atomic E-state index is 0.00970. The number of nitrogens with zero attached hydrogens (tertiary/aromatic N) is 2. The topological polar surface area (TPSA) is 40.6 Å². The number of rotatable bonds is 3. The van der Waals surface area contributed by atoms with E-state index in [9.17, 15) is 12.8 Å². The summed E-state index contributed by atoms with van der Waals surface area (Å²) in [7, 11) is -1.63. The molecule has 1 aliphatic rings. The van der Waals surface area contributed by atoms with Crippen molar-refractivity contribution in [3.8, 4) is 0 Å². The second-order valence-corrected chi connectivity index (χ2v) is 8.09. The minimum atomic E-state index is -3.63. The lowest BCUT2D eigenvalue weighted by Gasteiger charge is -2.39. The Morgan fingerprint density at radius 2 is 1.79 bits per heavy atom. The third-order valence-corrected chi connectivity index (χ3v) is 6.58. The highest BCUT2D eigenvalue weighted by atomic mass is 32.2. The number of aryl methyl sites for hydroxylation is 1. The molecule has 2 aromatic rings. The molecule has 1 fully saturated rings. The fourth-order valence-electron chi connectivity index (χ4n) is 3.14. The summed E-state index contributed by atoms with van der Waals surface area (Å²) in [5.74, 6) is -0.424. The van der Waals surface area contributed by atoms with Gasteiger partial charge in [-0.2, -0.15) is 4.31 Å². The Morgan fingerprint density at radius 1 is 1.08 bits per heavy atom. The first-order valence-electron chi connectivity index (χ1n) is 7.91. The molecule has 0 bridgehead atoms. The SMILES string of the molecule is Cc1cc(F)ccc1S(=O)(=O)N1CCN(C)C(c2ccccc2)C1. The summed E-state index contributed by atoms with van der Waals surface area (Å²) >= 11 is 0. The number of hydrogen-bond acceptors (Lipinski definition) is 3. The van der Waals surface area contributed by atoms with E-state index in [-0.39, 0.29) is 10.9 Å². The summed E-state index contributed by atoms with van der Waals surface area (Å²) in [6.45, 7) is 3.10. The fraction of sp³-hybridized carbons (Fsp3) is 0.333. The largest absolute Gasteiger partial charge is 0.297 e. The van der Waals surface area contributed by atoms with Gasteiger partial charge in [-0.15, -0.1) is 0 Å². The van der Waals surface area contributed by atoms with Gasteiger partial charge in [0, 0.05) is 25.7 Å². The second kappa shape index (κ2) is 6.63. The molecule has 0 aliphatic carbocycles. The van der Waals surface area contributed by atoms with Gasteiger partial charge in [-0.25, -0.2) is 12.8 Å². The van der Waals surface area contributed by atoms with Crippen molar-refractivity contribution in [1.29, 1.82) is 0 Å². The highest BCUT2D eigenvalue weighted by Crippen LogP contribution is 2.28. The van der Waals surface area contributed by atoms with Crippen LogP contribution in [0.2, 0.25) is 0 Å². The standard InChI is InChI=1S/C18H21FN2O2S/c1-14-12-16(19)8-9-18(14)24(22,23)21-11-10-20(2)17(13-21)15-6-4-3-5-7-15/h3-9,12,17H,10-11,13H2,1-2H3. The Balaban J connectivity index is 1.91. The molecular formula is C18H21FN2O2S. The van der Waals surface area contributed by atoms with Gasteiger partial charge >= 0.3 is 0 Å². The lowest BCUT2D eigenvalue weighted by molar-refractivity contribution is 0.148. The van der Waals surface area contributed by atoms with Crippen molar-refractivity contribution in [3.63, 3.8) is 0 Å². The average molecular weight is 348 g/mol. The fourth-order valence-corrected chi connectivity index (χ4v) is 4.79. The average Bonchev–Trinajstić information content (AvgIpc) is 2.55. The second-order valence-electron chi connectivity index (χ2n) is 6.18. The van der Waals surface area contributed by atoms with Crippen LogP contribution < -0.4 is 0 Å². The molecule has 3 rings (SSSR count). The molecular weight excluding hydrogens is 327 g/mol. The van der Waals surface area contributed by atoms with Crippen molar-refractivity contribution in [3.05, 3.63) is 65.5 Å². The number of halogens is 1. The molecule has 128 valence electrons. The molecule has 1 atom stereocenters. The predicted molar refractivity (Wildman–Crippen MR) is 91.7 cm³/mol. The molecule has 0 amide bonds. The van der Waals surface area contributed by atoms with Crippen LogP contribution in [0.15, 0.2) is 53.4 Å². The van der Waals surface area contributed by atoms with Crippen LogP contribution in [0.5, 0.6) is 0 Å². The molecule has 0 spiro atoms. The molecule has 1 heterocycles. The van der Waals surface area contributed by atoms with Crippen LogP contribution in [-0.2, 0) is 10.0 Å². The van der Waals surface area contributed by atoms with Gasteiger partial charge in [0.2, 0.25) is 10.0 Å². The Bertz CT molecular complexity index is 824. The lowest BCUT2D eigenvalue weighted by Crippen LogP contribution is -2.48. The number of piperazine rings is 1. The van der Waals surface area contributed by atoms with Gasteiger partial charge in [-0.3, -0.25) is 4.90 Å². The number of likely N-dealkylation sites (N-methyl/N-ethyl adjacent to an activating group) is 1. The molecule has 2 aromatic carbocycles. The van der Waals surface area contributed by atoms with Crippen molar-refractivity contribution in [2.24, 2.45) is 0 Å². The maximum Gasteiger partial charge on any atom is 0.243 e. The van der Waals surface area contributed by atoms with Gasteiger partial charge in [0.25, 0.3) is 0 Å². The zero-order valence-corrected chi connectivity index (χ0v) is 14.6. The van der Waals surface area contributed by atoms with Crippen molar-refractivity contribution in [1.82, 2.24) is 9.21 Å². The zero-order chi connectivity index (χ0) is 17.3. The third-order valence-electron chi connectivity index (χ3n) is 4.55. The van der Waals surface area contributed by atoms with Gasteiger partial charge in [0.1, 0.15) is 5.82 Å². The van der Waals surface area contributed by atoms with Crippen molar-refractivity contribution >= 4 is 10.0 Å². The Morgan fingerprint density at radius 3 is 2.46 bits per heavy atom. The molecule has 1 saturated heterocycles. The van der Waals surface area contributed by atoms with Gasteiger partial charge in [-0.1, -0.05) is 30.3 Å². The zero-order valence-electron chi connectivity index (χ0n) is 13.8. The van der Waals surface area contributed by atoms with Crippen LogP contribution in [0.3, 0.4) is 0 Å². The summed E-state index contributed by atoms with van der Waals surface area (Å²) in [6, 6.07) is 13.7. The van der Waals surface area contributed by atoms with Gasteiger partial charge in [0.15, 0.2) is 0 Å². The van der Waals surface area contributed by atoms with Crippen molar-refractivity contribution in [2.45, 2.75) is 17.9 Å². The summed E-state index contributed by atoms with van der Waals surface area (Å²) in [6.07, 6.45) is 0. The first-order chi connectivity index (χ1) is 11.4. The first-order valence-corrected chi connectivity index (χ1v) is 9.35. The minimum Gasteiger partial charge on any atom is -0.297 e. The number of benzene rings is 2. The highest BCUT2D eigenvalue weighted by Gasteiger charge is 2.34. The van der Waals surface area contributed by atoms with Crippen LogP contribution >= 0.6 is 0 Å². The van der Waals surface area contributed by atoms with Crippen LogP contribution in [0, 0.1) is 12.7 Å². The van der Waals surface area contributed by atoms with Crippen molar-refractivity contribution in [2.75, 3.05) is 26.7 Å². The van der Waals surface area contributed by atoms with E-state index in [0.717, 1.165) is 5.56 Å². The quantitative estimate of drug-likeness (QED) is 0.856. The molecule has 4 nitrogen and oxygen atoms in total. The normalized spacial score (nSPS) is 20.2. The Hall–Kier alpha value is -1.76. The van der Waals surface area contributed by atoms with E-state index < -0.39 is 15.8 Å². The van der Waals surface area contributed by atoms with Crippen LogP contribution in [0.25, 0.3) is 0 Å². The third kappa shape index (κ3) is 3.22. The molecule has 1 aliphatic heterocycles. The van der Waals surface area contributed by atoms with Crippen LogP contribution in [-0.4, -0.2) is 44.3 Å². The van der Waals surface area contributed by atoms with E-state index in [2.05, 4.69) is 4.90 Å². The van der Waals surface area contributed by atoms with E-state index in [1.807, 2.05) is 37.4 Å². The smallest absolute Gasteiger partial charge is 0.243 e. The molecule has 0 radical (unpaired) electrons. The summed E-state index contributed by atoms with van der Waals surface area (Å²) in [5, 5.41) is 0. The van der Waals surface area contributed by atoms with E-state index in [1.165, 1.54) is 22.5 Å². The van der Waals surface area contributed by atoms with Crippen molar-refractivity contribution < 1.29 is 12.8 Å². The summed E-state index contributed by atoms with van der Waals surface area (Å²) in [5.41, 5.74) is 1.53. The van der Waals surface area contributed by atoms with Crippen LogP contribution in [0.1, 0.15) is 17.2 Å². The Kier molecular flexibility index (Phi) is 4.71. The molecule has 0 N–H and O–H groups in total. The maximum atomic E-state index is 13.3. The Labute approximate surface area is 142 Å². The summed E-state index contributed by atoms with van der Waals surface area (Å²) in [4.78, 5) is 2.35. The number of hydrogen-bond donors (Lipinski definition) is 0. The maximum absolute atomic E-state index is 13.3. The predicted octanol–water partition coefficient (Wildman–Crippen LogP) is 2.81. The first kappa shape index (κ1) is 17.1. The number of sulfonamides is 1. The van der Waals surface area contributed by atoms with E-state index in [0.29, 0.717) is 25.2 Å².